The molecule has 18 heavy (non-hydrogen) atoms. The minimum atomic E-state index is 0.639. The summed E-state index contributed by atoms with van der Waals surface area (Å²) < 4.78 is 10.0. The summed E-state index contributed by atoms with van der Waals surface area (Å²) in [4.78, 5) is 4.50. The summed E-state index contributed by atoms with van der Waals surface area (Å²) in [7, 11) is 0. The van der Waals surface area contributed by atoms with Crippen LogP contribution in [0.4, 0.5) is 0 Å². The van der Waals surface area contributed by atoms with Crippen molar-refractivity contribution < 1.29 is 4.42 Å². The Labute approximate surface area is 124 Å². The standard InChI is InChI=1S/C13H6BrIN2O/c14-7-1-4-12-11(5-7)17-10-6-8(15)2-3-9(10)16-13(17)18-12/h1-6H. The molecule has 0 saturated carbocycles. The van der Waals surface area contributed by atoms with Gasteiger partial charge in [-0.3, -0.25) is 4.40 Å². The SMILES string of the molecule is Brc1ccc2oc3nc4ccc(I)cc4n3c2c1. The van der Waals surface area contributed by atoms with Gasteiger partial charge in [0.25, 0.3) is 0 Å². The average Bonchev–Trinajstić information content (AvgIpc) is 2.85. The number of hydrogen-bond acceptors (Lipinski definition) is 2. The Balaban J connectivity index is 2.30. The molecule has 0 bridgehead atoms. The number of halogens is 2. The Morgan fingerprint density at radius 3 is 2.89 bits per heavy atom. The van der Waals surface area contributed by atoms with Crippen LogP contribution in [0.1, 0.15) is 0 Å². The number of oxazole rings is 1. The molecule has 2 aromatic carbocycles. The lowest BCUT2D eigenvalue weighted by atomic mass is 10.3. The van der Waals surface area contributed by atoms with E-state index in [1.807, 2.05) is 30.3 Å². The van der Waals surface area contributed by atoms with Crippen molar-refractivity contribution in [1.82, 2.24) is 9.38 Å². The van der Waals surface area contributed by atoms with Crippen LogP contribution >= 0.6 is 38.5 Å². The first kappa shape index (κ1) is 10.8. The highest BCUT2D eigenvalue weighted by molar-refractivity contribution is 14.1. The summed E-state index contributed by atoms with van der Waals surface area (Å²) in [6.07, 6.45) is 0. The normalized spacial score (nSPS) is 11.9. The molecule has 0 fully saturated rings. The first-order valence-corrected chi connectivity index (χ1v) is 7.25. The van der Waals surface area contributed by atoms with Gasteiger partial charge in [0.2, 0.25) is 0 Å². The zero-order chi connectivity index (χ0) is 12.3. The van der Waals surface area contributed by atoms with Gasteiger partial charge in [-0.25, -0.2) is 0 Å². The highest BCUT2D eigenvalue weighted by Crippen LogP contribution is 2.28. The maximum absolute atomic E-state index is 5.76. The van der Waals surface area contributed by atoms with Crippen molar-refractivity contribution in [2.45, 2.75) is 0 Å². The van der Waals surface area contributed by atoms with E-state index in [0.717, 1.165) is 26.6 Å². The van der Waals surface area contributed by atoms with Gasteiger partial charge >= 0.3 is 5.84 Å². The van der Waals surface area contributed by atoms with E-state index in [1.165, 1.54) is 3.57 Å². The van der Waals surface area contributed by atoms with Gasteiger partial charge in [0.15, 0.2) is 5.58 Å². The Kier molecular flexibility index (Phi) is 2.23. The third-order valence-corrected chi connectivity index (χ3v) is 4.11. The smallest absolute Gasteiger partial charge is 0.307 e. The van der Waals surface area contributed by atoms with E-state index < -0.39 is 0 Å². The van der Waals surface area contributed by atoms with Crippen LogP contribution in [-0.4, -0.2) is 9.38 Å². The summed E-state index contributed by atoms with van der Waals surface area (Å²) in [6.45, 7) is 0. The van der Waals surface area contributed by atoms with Gasteiger partial charge in [-0.05, 0) is 59.0 Å². The Hall–Kier alpha value is -1.08. The molecular formula is C13H6BrIN2O. The van der Waals surface area contributed by atoms with Crippen LogP contribution in [0.25, 0.3) is 28.0 Å². The molecule has 5 heteroatoms. The molecule has 0 aliphatic heterocycles. The van der Waals surface area contributed by atoms with Crippen LogP contribution in [0.3, 0.4) is 0 Å². The largest absolute Gasteiger partial charge is 0.423 e. The second-order valence-electron chi connectivity index (χ2n) is 4.08. The highest BCUT2D eigenvalue weighted by Gasteiger charge is 2.12. The molecule has 0 atom stereocenters. The van der Waals surface area contributed by atoms with Gasteiger partial charge < -0.3 is 4.42 Å². The van der Waals surface area contributed by atoms with Crippen molar-refractivity contribution in [1.29, 1.82) is 0 Å². The third-order valence-electron chi connectivity index (χ3n) is 2.95. The first-order valence-electron chi connectivity index (χ1n) is 5.38. The van der Waals surface area contributed by atoms with Gasteiger partial charge in [0, 0.05) is 8.04 Å². The molecule has 0 spiro atoms. The molecule has 88 valence electrons. The zero-order valence-electron chi connectivity index (χ0n) is 9.02. The van der Waals surface area contributed by atoms with Crippen LogP contribution in [0.5, 0.6) is 0 Å². The lowest BCUT2D eigenvalue weighted by Crippen LogP contribution is -1.81. The van der Waals surface area contributed by atoms with E-state index in [9.17, 15) is 0 Å². The van der Waals surface area contributed by atoms with Crippen molar-refractivity contribution in [2.24, 2.45) is 0 Å². The summed E-state index contributed by atoms with van der Waals surface area (Å²) in [5.41, 5.74) is 3.91. The minimum Gasteiger partial charge on any atom is -0.423 e. The van der Waals surface area contributed by atoms with Crippen LogP contribution in [0, 0.1) is 3.57 Å². The molecule has 3 nitrogen and oxygen atoms in total. The molecule has 0 N–H and O–H groups in total. The van der Waals surface area contributed by atoms with Gasteiger partial charge in [-0.2, -0.15) is 4.98 Å². The molecule has 0 radical (unpaired) electrons. The van der Waals surface area contributed by atoms with E-state index in [4.69, 9.17) is 4.42 Å². The van der Waals surface area contributed by atoms with Crippen molar-refractivity contribution in [2.75, 3.05) is 0 Å². The minimum absolute atomic E-state index is 0.639. The lowest BCUT2D eigenvalue weighted by molar-refractivity contribution is 0.643. The number of hydrogen-bond donors (Lipinski definition) is 0. The number of benzene rings is 2. The fraction of sp³-hybridized carbons (Fsp3) is 0. The number of aromatic nitrogens is 2. The van der Waals surface area contributed by atoms with Crippen LogP contribution in [-0.2, 0) is 0 Å². The van der Waals surface area contributed by atoms with Crippen LogP contribution in [0.15, 0.2) is 45.3 Å². The van der Waals surface area contributed by atoms with E-state index in [0.29, 0.717) is 5.84 Å². The highest BCUT2D eigenvalue weighted by atomic mass is 127. The topological polar surface area (TPSA) is 30.4 Å². The molecule has 0 unspecified atom stereocenters. The molecule has 4 aromatic rings. The van der Waals surface area contributed by atoms with Crippen molar-refractivity contribution >= 4 is 66.5 Å². The maximum atomic E-state index is 5.76. The van der Waals surface area contributed by atoms with E-state index in [2.05, 4.69) is 54.0 Å². The quantitative estimate of drug-likeness (QED) is 0.395. The number of nitrogens with zero attached hydrogens (tertiary/aromatic N) is 2. The van der Waals surface area contributed by atoms with E-state index >= 15 is 0 Å². The Morgan fingerprint density at radius 1 is 1.11 bits per heavy atom. The number of imidazole rings is 1. The van der Waals surface area contributed by atoms with Crippen LogP contribution < -0.4 is 0 Å². The monoisotopic (exact) mass is 412 g/mol. The summed E-state index contributed by atoms with van der Waals surface area (Å²) in [5.74, 6) is 0.639. The predicted molar refractivity (Wildman–Crippen MR) is 82.9 cm³/mol. The predicted octanol–water partition coefficient (Wildman–Crippen LogP) is 4.60. The van der Waals surface area contributed by atoms with E-state index in [-0.39, 0.29) is 0 Å². The fourth-order valence-electron chi connectivity index (χ4n) is 2.18. The summed E-state index contributed by atoms with van der Waals surface area (Å²) >= 11 is 5.80. The number of rotatable bonds is 0. The molecule has 2 heterocycles. The molecule has 0 saturated heterocycles. The van der Waals surface area contributed by atoms with Gasteiger partial charge in [0.05, 0.1) is 16.6 Å². The molecule has 4 rings (SSSR count). The molecule has 0 aliphatic rings. The second kappa shape index (κ2) is 3.71. The average molecular weight is 413 g/mol. The first-order chi connectivity index (χ1) is 8.72. The Morgan fingerprint density at radius 2 is 2.00 bits per heavy atom. The fourth-order valence-corrected chi connectivity index (χ4v) is 3.00. The zero-order valence-corrected chi connectivity index (χ0v) is 12.8. The maximum Gasteiger partial charge on any atom is 0.307 e. The molecule has 0 aliphatic carbocycles. The third kappa shape index (κ3) is 1.43. The molecule has 2 aromatic heterocycles. The van der Waals surface area contributed by atoms with Gasteiger partial charge in [0.1, 0.15) is 0 Å². The molecule has 0 amide bonds. The lowest BCUT2D eigenvalue weighted by Gasteiger charge is -1.95. The summed E-state index contributed by atoms with van der Waals surface area (Å²) in [5, 5.41) is 0. The Bertz CT molecular complexity index is 838. The van der Waals surface area contributed by atoms with Crippen molar-refractivity contribution in [3.8, 4) is 0 Å². The molecular weight excluding hydrogens is 407 g/mol. The van der Waals surface area contributed by atoms with Crippen molar-refractivity contribution in [3.63, 3.8) is 0 Å². The van der Waals surface area contributed by atoms with Gasteiger partial charge in [-0.15, -0.1) is 0 Å². The van der Waals surface area contributed by atoms with Gasteiger partial charge in [-0.1, -0.05) is 15.9 Å². The van der Waals surface area contributed by atoms with E-state index in [1.54, 1.807) is 0 Å². The second-order valence-corrected chi connectivity index (χ2v) is 6.24. The van der Waals surface area contributed by atoms with Crippen molar-refractivity contribution in [3.05, 3.63) is 44.4 Å². The summed E-state index contributed by atoms with van der Waals surface area (Å²) in [6, 6.07) is 12.2. The number of fused-ring (bicyclic) bond motifs is 5. The van der Waals surface area contributed by atoms with Crippen LogP contribution in [0.2, 0.25) is 0 Å².